The maximum Gasteiger partial charge on any atom is 0.305 e. The van der Waals surface area contributed by atoms with E-state index >= 15 is 0 Å². The molecule has 0 bridgehead atoms. The second-order valence-electron chi connectivity index (χ2n) is 8.30. The number of nitrogens with zero attached hydrogens (tertiary/aromatic N) is 1. The summed E-state index contributed by atoms with van der Waals surface area (Å²) >= 11 is 0. The van der Waals surface area contributed by atoms with Crippen LogP contribution in [0.25, 0.3) is 0 Å². The first-order valence-electron chi connectivity index (χ1n) is 12.9. The van der Waals surface area contributed by atoms with E-state index in [4.69, 9.17) is 24.6 Å². The molecular weight excluding hydrogens is 426 g/mol. The monoisotopic (exact) mass is 475 g/mol. The summed E-state index contributed by atoms with van der Waals surface area (Å²) in [5.74, 6) is -0.328. The lowest BCUT2D eigenvalue weighted by molar-refractivity contribution is -0.377. The van der Waals surface area contributed by atoms with Crippen LogP contribution in [0, 0.1) is 0 Å². The van der Waals surface area contributed by atoms with Gasteiger partial charge in [-0.1, -0.05) is 75.7 Å². The van der Waals surface area contributed by atoms with Crippen LogP contribution >= 0.6 is 0 Å². The lowest BCUT2D eigenvalue weighted by atomic mass is 10.1. The zero-order valence-corrected chi connectivity index (χ0v) is 20.8. The van der Waals surface area contributed by atoms with Crippen LogP contribution < -0.4 is 0 Å². The van der Waals surface area contributed by atoms with Crippen LogP contribution in [0.1, 0.15) is 96.8 Å². The molecule has 0 fully saturated rings. The number of aliphatic hydroxyl groups is 3. The van der Waals surface area contributed by atoms with Crippen LogP contribution in [0.3, 0.4) is 0 Å². The number of hydrogen-bond acceptors (Lipinski definition) is 8. The van der Waals surface area contributed by atoms with Crippen LogP contribution in [0.5, 0.6) is 0 Å². The van der Waals surface area contributed by atoms with Gasteiger partial charge in [-0.05, 0) is 32.1 Å². The Balaban J connectivity index is 3.58. The summed E-state index contributed by atoms with van der Waals surface area (Å²) < 4.78 is 5.10. The molecule has 0 aliphatic carbocycles. The molecule has 0 aliphatic rings. The van der Waals surface area contributed by atoms with E-state index < -0.39 is 6.10 Å². The summed E-state index contributed by atoms with van der Waals surface area (Å²) in [7, 11) is 0. The van der Waals surface area contributed by atoms with Crippen LogP contribution in [0.2, 0.25) is 0 Å². The van der Waals surface area contributed by atoms with Gasteiger partial charge in [-0.3, -0.25) is 14.5 Å². The van der Waals surface area contributed by atoms with E-state index in [-0.39, 0.29) is 45.5 Å². The summed E-state index contributed by atoms with van der Waals surface area (Å²) in [6, 6.07) is 0. The Kier molecular flexibility index (Phi) is 24.8. The number of unbranched alkanes of at least 4 members (excludes halogenated alkanes) is 11. The molecule has 1 atom stereocenters. The normalized spacial score (nSPS) is 12.6. The van der Waals surface area contributed by atoms with Gasteiger partial charge in [0.2, 0.25) is 0 Å². The minimum absolute atomic E-state index is 0.00653. The molecule has 1 unspecified atom stereocenters. The number of ether oxygens (including phenoxy) is 1. The van der Waals surface area contributed by atoms with E-state index in [1.165, 1.54) is 57.8 Å². The Bertz CT molecular complexity index is 440. The van der Waals surface area contributed by atoms with Crippen molar-refractivity contribution in [2.75, 3.05) is 39.6 Å². The third kappa shape index (κ3) is 23.9. The minimum Gasteiger partial charge on any atom is -0.463 e. The Morgan fingerprint density at radius 1 is 0.818 bits per heavy atom. The highest BCUT2D eigenvalue weighted by molar-refractivity contribution is 5.69. The van der Waals surface area contributed by atoms with Crippen molar-refractivity contribution in [2.45, 2.75) is 103 Å². The van der Waals surface area contributed by atoms with Crippen molar-refractivity contribution in [3.63, 3.8) is 0 Å². The highest BCUT2D eigenvalue weighted by Crippen LogP contribution is 2.10. The fourth-order valence-electron chi connectivity index (χ4n) is 3.25. The zero-order valence-electron chi connectivity index (χ0n) is 20.8. The van der Waals surface area contributed by atoms with Crippen LogP contribution in [0.15, 0.2) is 12.2 Å². The molecule has 0 saturated heterocycles. The molecule has 0 aromatic rings. The molecule has 3 N–H and O–H groups in total. The fourth-order valence-corrected chi connectivity index (χ4v) is 3.25. The average Bonchev–Trinajstić information content (AvgIpc) is 2.81. The van der Waals surface area contributed by atoms with Crippen LogP contribution in [-0.4, -0.2) is 72.2 Å². The Morgan fingerprint density at radius 3 is 1.88 bits per heavy atom. The van der Waals surface area contributed by atoms with Gasteiger partial charge < -0.3 is 20.1 Å². The number of hydroxylamine groups is 2. The number of aliphatic hydroxyl groups excluding tert-OH is 3. The molecule has 0 saturated carbocycles. The van der Waals surface area contributed by atoms with E-state index in [9.17, 15) is 9.90 Å². The molecule has 0 amide bonds. The highest BCUT2D eigenvalue weighted by atomic mass is 16.9. The van der Waals surface area contributed by atoms with E-state index in [2.05, 4.69) is 19.1 Å². The van der Waals surface area contributed by atoms with Gasteiger partial charge >= 0.3 is 5.97 Å². The van der Waals surface area contributed by atoms with Crippen LogP contribution in [-0.2, 0) is 19.2 Å². The van der Waals surface area contributed by atoms with Gasteiger partial charge in [0.05, 0.1) is 33.0 Å². The molecule has 0 radical (unpaired) electrons. The highest BCUT2D eigenvalue weighted by Gasteiger charge is 2.15. The first-order valence-corrected chi connectivity index (χ1v) is 12.9. The number of allylic oxidation sites excluding steroid dienone is 2. The molecular formula is C25H49NO7. The van der Waals surface area contributed by atoms with Gasteiger partial charge in [0.25, 0.3) is 0 Å². The van der Waals surface area contributed by atoms with Crippen molar-refractivity contribution in [3.05, 3.63) is 12.2 Å². The van der Waals surface area contributed by atoms with Crippen LogP contribution in [0.4, 0.5) is 0 Å². The number of rotatable bonds is 25. The second-order valence-corrected chi connectivity index (χ2v) is 8.30. The van der Waals surface area contributed by atoms with Crippen molar-refractivity contribution < 1.29 is 34.5 Å². The largest absolute Gasteiger partial charge is 0.463 e. The average molecular weight is 476 g/mol. The first-order chi connectivity index (χ1) is 16.1. The molecule has 196 valence electrons. The Labute approximate surface area is 200 Å². The van der Waals surface area contributed by atoms with Crippen molar-refractivity contribution in [3.8, 4) is 0 Å². The Hall–Kier alpha value is -1.03. The van der Waals surface area contributed by atoms with E-state index in [1.54, 1.807) is 0 Å². The number of carbonyl (C=O) groups excluding carboxylic acids is 1. The summed E-state index contributed by atoms with van der Waals surface area (Å²) in [5.41, 5.74) is 0. The fraction of sp³-hybridized carbons (Fsp3) is 0.880. The van der Waals surface area contributed by atoms with E-state index in [0.29, 0.717) is 6.42 Å². The number of hydrogen-bond donors (Lipinski definition) is 3. The van der Waals surface area contributed by atoms with Gasteiger partial charge in [-0.2, -0.15) is 0 Å². The van der Waals surface area contributed by atoms with Gasteiger partial charge in [0, 0.05) is 6.42 Å². The predicted octanol–water partition coefficient (Wildman–Crippen LogP) is 4.08. The predicted molar refractivity (Wildman–Crippen MR) is 129 cm³/mol. The smallest absolute Gasteiger partial charge is 0.305 e. The maximum atomic E-state index is 11.8. The molecule has 33 heavy (non-hydrogen) atoms. The molecule has 0 rings (SSSR count). The molecule has 0 spiro atoms. The number of esters is 1. The summed E-state index contributed by atoms with van der Waals surface area (Å²) in [5, 5.41) is 28.5. The molecule has 0 aliphatic heterocycles. The van der Waals surface area contributed by atoms with Crippen molar-refractivity contribution in [2.24, 2.45) is 0 Å². The minimum atomic E-state index is -1.000. The van der Waals surface area contributed by atoms with E-state index in [0.717, 1.165) is 30.9 Å². The van der Waals surface area contributed by atoms with E-state index in [1.807, 2.05) is 0 Å². The van der Waals surface area contributed by atoms with Gasteiger partial charge in [-0.25, -0.2) is 0 Å². The second kappa shape index (κ2) is 25.6. The van der Waals surface area contributed by atoms with Gasteiger partial charge in [0.15, 0.2) is 0 Å². The molecule has 0 aromatic carbocycles. The standard InChI is InChI=1S/C25H49NO7/c1-2-3-4-5-6-7-8-9-10-11-12-13-14-15-16-17-25(30)31-23-24(29)22-26(32-20-18-27)33-21-19-28/h9-10,24,27-29H,2-8,11-23H2,1H3. The summed E-state index contributed by atoms with van der Waals surface area (Å²) in [6.07, 6.45) is 19.6. The summed E-state index contributed by atoms with van der Waals surface area (Å²) in [4.78, 5) is 22.0. The van der Waals surface area contributed by atoms with Crippen molar-refractivity contribution in [1.29, 1.82) is 0 Å². The molecule has 8 heteroatoms. The molecule has 0 heterocycles. The van der Waals surface area contributed by atoms with Crippen molar-refractivity contribution in [1.82, 2.24) is 5.23 Å². The molecule has 0 aromatic heterocycles. The topological polar surface area (TPSA) is 109 Å². The van der Waals surface area contributed by atoms with Crippen molar-refractivity contribution >= 4 is 5.97 Å². The summed E-state index contributed by atoms with van der Waals surface area (Å²) in [6.45, 7) is 1.59. The zero-order chi connectivity index (χ0) is 24.4. The van der Waals surface area contributed by atoms with Gasteiger partial charge in [-0.15, -0.1) is 0 Å². The third-order valence-electron chi connectivity index (χ3n) is 5.09. The first kappa shape index (κ1) is 32.0. The third-order valence-corrected chi connectivity index (χ3v) is 5.09. The lowest BCUT2D eigenvalue weighted by Gasteiger charge is -2.22. The Morgan fingerprint density at radius 2 is 1.33 bits per heavy atom. The quantitative estimate of drug-likeness (QED) is 0.0784. The van der Waals surface area contributed by atoms with Gasteiger partial charge in [0.1, 0.15) is 12.7 Å². The lowest BCUT2D eigenvalue weighted by Crippen LogP contribution is -2.37. The maximum absolute atomic E-state index is 11.8. The SMILES string of the molecule is CCCCCCCCC=CCCCCCCCC(=O)OCC(O)CN(OCCO)OCCO. The number of carbonyl (C=O) groups is 1. The molecule has 8 nitrogen and oxygen atoms in total.